The zero-order chi connectivity index (χ0) is 13.1. The molecule has 0 N–H and O–H groups in total. The van der Waals surface area contributed by atoms with Crippen molar-refractivity contribution < 1.29 is 14.3 Å². The average molecular weight is 301 g/mol. The van der Waals surface area contributed by atoms with Crippen molar-refractivity contribution in [1.82, 2.24) is 0 Å². The van der Waals surface area contributed by atoms with Crippen molar-refractivity contribution in [3.63, 3.8) is 0 Å². The number of ether oxygens (including phenoxy) is 2. The smallest absolute Gasteiger partial charge is 0.188 e. The Hall–Kier alpha value is -0.870. The number of halogens is 1. The van der Waals surface area contributed by atoms with Crippen LogP contribution in [-0.4, -0.2) is 20.2 Å². The summed E-state index contributed by atoms with van der Waals surface area (Å²) in [5, 5.41) is 0. The molecule has 0 amide bonds. The maximum atomic E-state index is 11.1. The lowest BCUT2D eigenvalue weighted by molar-refractivity contribution is 0.0499. The van der Waals surface area contributed by atoms with Crippen molar-refractivity contribution in [3.05, 3.63) is 27.7 Å². The van der Waals surface area contributed by atoms with Crippen LogP contribution in [0.3, 0.4) is 0 Å². The van der Waals surface area contributed by atoms with E-state index in [1.165, 1.54) is 7.11 Å². The van der Waals surface area contributed by atoms with Crippen LogP contribution in [0.4, 0.5) is 0 Å². The summed E-state index contributed by atoms with van der Waals surface area (Å²) in [5.74, 6) is 0.523. The van der Waals surface area contributed by atoms with Crippen LogP contribution in [0.2, 0.25) is 0 Å². The third-order valence-corrected chi connectivity index (χ3v) is 2.98. The van der Waals surface area contributed by atoms with Crippen LogP contribution in [0, 0.1) is 0 Å². The second kappa shape index (κ2) is 5.65. The van der Waals surface area contributed by atoms with Crippen LogP contribution < -0.4 is 4.74 Å². The van der Waals surface area contributed by atoms with E-state index < -0.39 is 0 Å². The first-order valence-electron chi connectivity index (χ1n) is 5.31. The SMILES string of the molecule is COCOc1c(Br)cc(C(C)(C)C)cc1C=O. The lowest BCUT2D eigenvalue weighted by Crippen LogP contribution is -2.12. The molecule has 0 aliphatic rings. The van der Waals surface area contributed by atoms with Crippen LogP contribution in [0.15, 0.2) is 16.6 Å². The number of carbonyl (C=O) groups is 1. The van der Waals surface area contributed by atoms with E-state index in [0.717, 1.165) is 16.3 Å². The first-order chi connectivity index (χ1) is 7.90. The van der Waals surface area contributed by atoms with Gasteiger partial charge in [0.1, 0.15) is 5.75 Å². The minimum Gasteiger partial charge on any atom is -0.466 e. The summed E-state index contributed by atoms with van der Waals surface area (Å²) in [6, 6.07) is 3.82. The molecule has 0 atom stereocenters. The molecule has 1 aromatic rings. The fourth-order valence-electron chi connectivity index (χ4n) is 1.41. The number of hydrogen-bond acceptors (Lipinski definition) is 3. The molecule has 0 saturated carbocycles. The third kappa shape index (κ3) is 3.54. The van der Waals surface area contributed by atoms with E-state index in [1.54, 1.807) is 0 Å². The van der Waals surface area contributed by atoms with Crippen LogP contribution in [0.25, 0.3) is 0 Å². The van der Waals surface area contributed by atoms with E-state index in [1.807, 2.05) is 12.1 Å². The molecule has 1 rings (SSSR count). The summed E-state index contributed by atoms with van der Waals surface area (Å²) in [5.41, 5.74) is 1.60. The predicted molar refractivity (Wildman–Crippen MR) is 70.7 cm³/mol. The Morgan fingerprint density at radius 2 is 2.00 bits per heavy atom. The standard InChI is InChI=1S/C13H17BrO3/c1-13(2,3)10-5-9(7-15)12(11(14)6-10)17-8-16-4/h5-7H,8H2,1-4H3. The Bertz CT molecular complexity index is 408. The summed E-state index contributed by atoms with van der Waals surface area (Å²) in [4.78, 5) is 11.1. The molecule has 0 bridgehead atoms. The molecular weight excluding hydrogens is 284 g/mol. The Balaban J connectivity index is 3.21. The van der Waals surface area contributed by atoms with Crippen LogP contribution in [0.1, 0.15) is 36.7 Å². The fourth-order valence-corrected chi connectivity index (χ4v) is 2.00. The Morgan fingerprint density at radius 3 is 2.47 bits per heavy atom. The van der Waals surface area contributed by atoms with E-state index in [0.29, 0.717) is 11.3 Å². The highest BCUT2D eigenvalue weighted by molar-refractivity contribution is 9.10. The molecule has 0 unspecified atom stereocenters. The molecule has 0 aromatic heterocycles. The van der Waals surface area contributed by atoms with Crippen molar-refractivity contribution in [2.45, 2.75) is 26.2 Å². The number of hydrogen-bond donors (Lipinski definition) is 0. The summed E-state index contributed by atoms with van der Waals surface area (Å²) < 4.78 is 11.0. The van der Waals surface area contributed by atoms with Gasteiger partial charge in [-0.25, -0.2) is 0 Å². The largest absolute Gasteiger partial charge is 0.466 e. The number of carbonyl (C=O) groups excluding carboxylic acids is 1. The number of benzene rings is 1. The second-order valence-electron chi connectivity index (χ2n) is 4.80. The maximum absolute atomic E-state index is 11.1. The van der Waals surface area contributed by atoms with Gasteiger partial charge in [-0.15, -0.1) is 0 Å². The van der Waals surface area contributed by atoms with Crippen LogP contribution >= 0.6 is 15.9 Å². The highest BCUT2D eigenvalue weighted by Crippen LogP contribution is 2.34. The van der Waals surface area contributed by atoms with Crippen molar-refractivity contribution in [2.24, 2.45) is 0 Å². The van der Waals surface area contributed by atoms with E-state index in [9.17, 15) is 4.79 Å². The van der Waals surface area contributed by atoms with Gasteiger partial charge in [-0.3, -0.25) is 4.79 Å². The third-order valence-electron chi connectivity index (χ3n) is 2.39. The van der Waals surface area contributed by atoms with Crippen molar-refractivity contribution in [1.29, 1.82) is 0 Å². The molecule has 0 spiro atoms. The summed E-state index contributed by atoms with van der Waals surface area (Å²) in [6.45, 7) is 6.41. The summed E-state index contributed by atoms with van der Waals surface area (Å²) in [6.07, 6.45) is 0.797. The van der Waals surface area contributed by atoms with Gasteiger partial charge in [0.2, 0.25) is 0 Å². The average Bonchev–Trinajstić information content (AvgIpc) is 2.25. The minimum atomic E-state index is -0.0138. The van der Waals surface area contributed by atoms with Crippen LogP contribution in [-0.2, 0) is 10.2 Å². The van der Waals surface area contributed by atoms with Gasteiger partial charge in [-0.2, -0.15) is 0 Å². The Labute approximate surface area is 110 Å². The molecule has 0 heterocycles. The topological polar surface area (TPSA) is 35.5 Å². The zero-order valence-electron chi connectivity index (χ0n) is 10.5. The molecule has 0 aliphatic carbocycles. The van der Waals surface area contributed by atoms with Gasteiger partial charge in [0.25, 0.3) is 0 Å². The number of aldehydes is 1. The second-order valence-corrected chi connectivity index (χ2v) is 5.65. The molecule has 0 aliphatic heterocycles. The maximum Gasteiger partial charge on any atom is 0.188 e. The lowest BCUT2D eigenvalue weighted by Gasteiger charge is -2.21. The molecule has 4 heteroatoms. The molecular formula is C13H17BrO3. The first kappa shape index (κ1) is 14.2. The first-order valence-corrected chi connectivity index (χ1v) is 6.10. The number of methoxy groups -OCH3 is 1. The summed E-state index contributed by atoms with van der Waals surface area (Å²) >= 11 is 3.42. The number of rotatable bonds is 4. The van der Waals surface area contributed by atoms with E-state index in [-0.39, 0.29) is 12.2 Å². The monoisotopic (exact) mass is 300 g/mol. The van der Waals surface area contributed by atoms with E-state index in [2.05, 4.69) is 36.7 Å². The normalized spacial score (nSPS) is 11.4. The highest BCUT2D eigenvalue weighted by atomic mass is 79.9. The lowest BCUT2D eigenvalue weighted by atomic mass is 9.86. The van der Waals surface area contributed by atoms with Crippen molar-refractivity contribution in [3.8, 4) is 5.75 Å². The molecule has 3 nitrogen and oxygen atoms in total. The summed E-state index contributed by atoms with van der Waals surface area (Å²) in [7, 11) is 1.54. The van der Waals surface area contributed by atoms with Gasteiger partial charge in [0, 0.05) is 7.11 Å². The molecule has 94 valence electrons. The molecule has 0 fully saturated rings. The van der Waals surface area contributed by atoms with Gasteiger partial charge in [0.05, 0.1) is 10.0 Å². The fraction of sp³-hybridized carbons (Fsp3) is 0.462. The van der Waals surface area contributed by atoms with E-state index >= 15 is 0 Å². The van der Waals surface area contributed by atoms with Gasteiger partial charge in [0.15, 0.2) is 13.1 Å². The Kier molecular flexibility index (Phi) is 4.71. The molecule has 0 saturated heterocycles. The van der Waals surface area contributed by atoms with Crippen LogP contribution in [0.5, 0.6) is 5.75 Å². The van der Waals surface area contributed by atoms with Gasteiger partial charge in [-0.1, -0.05) is 20.8 Å². The minimum absolute atomic E-state index is 0.0138. The Morgan fingerprint density at radius 1 is 1.35 bits per heavy atom. The highest BCUT2D eigenvalue weighted by Gasteiger charge is 2.18. The zero-order valence-corrected chi connectivity index (χ0v) is 12.1. The van der Waals surface area contributed by atoms with Gasteiger partial charge in [-0.05, 0) is 39.0 Å². The van der Waals surface area contributed by atoms with Gasteiger partial charge < -0.3 is 9.47 Å². The molecule has 1 aromatic carbocycles. The van der Waals surface area contributed by atoms with E-state index in [4.69, 9.17) is 9.47 Å². The molecule has 0 radical (unpaired) electrons. The van der Waals surface area contributed by atoms with Crippen molar-refractivity contribution in [2.75, 3.05) is 13.9 Å². The quantitative estimate of drug-likeness (QED) is 0.630. The van der Waals surface area contributed by atoms with Crippen molar-refractivity contribution >= 4 is 22.2 Å². The molecule has 17 heavy (non-hydrogen) atoms. The predicted octanol–water partition coefficient (Wildman–Crippen LogP) is 3.54. The van der Waals surface area contributed by atoms with Gasteiger partial charge >= 0.3 is 0 Å².